The van der Waals surface area contributed by atoms with Gasteiger partial charge in [-0.25, -0.2) is 0 Å². The summed E-state index contributed by atoms with van der Waals surface area (Å²) in [6, 6.07) is 0.486. The summed E-state index contributed by atoms with van der Waals surface area (Å²) in [5.41, 5.74) is 0. The molecule has 2 N–H and O–H groups in total. The topological polar surface area (TPSA) is 44.4 Å². The third-order valence-electron chi connectivity index (χ3n) is 3.03. The molecule has 0 aromatic carbocycles. The van der Waals surface area contributed by atoms with E-state index < -0.39 is 0 Å². The lowest BCUT2D eigenvalue weighted by molar-refractivity contribution is -0.122. The molecule has 0 saturated carbocycles. The van der Waals surface area contributed by atoms with E-state index in [1.165, 1.54) is 12.8 Å². The van der Waals surface area contributed by atoms with Crippen LogP contribution in [0.3, 0.4) is 0 Å². The van der Waals surface area contributed by atoms with Crippen LogP contribution in [0.15, 0.2) is 0 Å². The first-order valence-corrected chi connectivity index (χ1v) is 6.42. The normalized spacial score (nSPS) is 19.9. The molecular weight excluding hydrogens is 214 g/mol. The summed E-state index contributed by atoms with van der Waals surface area (Å²) >= 11 is 0. The predicted octanol–water partition coefficient (Wildman–Crippen LogP) is 0.200. The summed E-state index contributed by atoms with van der Waals surface area (Å²) < 4.78 is 0. The number of nitrogens with zero attached hydrogens (tertiary/aromatic N) is 1. The number of rotatable bonds is 6. The van der Waals surface area contributed by atoms with Gasteiger partial charge in [-0.15, -0.1) is 6.42 Å². The highest BCUT2D eigenvalue weighted by molar-refractivity contribution is 5.78. The van der Waals surface area contributed by atoms with E-state index in [0.717, 1.165) is 26.1 Å². The number of piperidine rings is 1. The molecule has 0 aromatic rings. The second-order valence-corrected chi connectivity index (χ2v) is 4.45. The molecule has 1 saturated heterocycles. The molecule has 0 aliphatic carbocycles. The highest BCUT2D eigenvalue weighted by Gasteiger charge is 2.21. The molecule has 17 heavy (non-hydrogen) atoms. The largest absolute Gasteiger partial charge is 0.344 e. The zero-order chi connectivity index (χ0) is 12.5. The van der Waals surface area contributed by atoms with Crippen LogP contribution < -0.4 is 10.6 Å². The Morgan fingerprint density at radius 2 is 2.47 bits per heavy atom. The summed E-state index contributed by atoms with van der Waals surface area (Å²) in [7, 11) is 0. The van der Waals surface area contributed by atoms with Crippen LogP contribution in [-0.4, -0.2) is 49.6 Å². The van der Waals surface area contributed by atoms with Gasteiger partial charge >= 0.3 is 0 Å². The van der Waals surface area contributed by atoms with Gasteiger partial charge in [0, 0.05) is 12.6 Å². The van der Waals surface area contributed by atoms with Crippen LogP contribution in [0.2, 0.25) is 0 Å². The van der Waals surface area contributed by atoms with E-state index in [-0.39, 0.29) is 5.91 Å². The van der Waals surface area contributed by atoms with Gasteiger partial charge in [0.1, 0.15) is 0 Å². The quantitative estimate of drug-likeness (QED) is 0.649. The summed E-state index contributed by atoms with van der Waals surface area (Å²) in [4.78, 5) is 13.9. The molecule has 1 amide bonds. The maximum Gasteiger partial charge on any atom is 0.234 e. The highest BCUT2D eigenvalue weighted by Crippen LogP contribution is 2.10. The van der Waals surface area contributed by atoms with Crippen molar-refractivity contribution in [3.63, 3.8) is 0 Å². The molecule has 96 valence electrons. The van der Waals surface area contributed by atoms with E-state index in [1.54, 1.807) is 0 Å². The summed E-state index contributed by atoms with van der Waals surface area (Å²) in [5, 5.41) is 6.11. The Morgan fingerprint density at radius 3 is 3.06 bits per heavy atom. The molecule has 0 aromatic heterocycles. The first-order valence-electron chi connectivity index (χ1n) is 6.42. The van der Waals surface area contributed by atoms with Gasteiger partial charge in [-0.2, -0.15) is 0 Å². The van der Waals surface area contributed by atoms with Gasteiger partial charge in [-0.3, -0.25) is 9.69 Å². The molecule has 1 fully saturated rings. The van der Waals surface area contributed by atoms with Crippen molar-refractivity contribution in [3.05, 3.63) is 0 Å². The highest BCUT2D eigenvalue weighted by atomic mass is 16.2. The van der Waals surface area contributed by atoms with Gasteiger partial charge in [0.15, 0.2) is 0 Å². The standard InChI is InChI=1S/C13H23N3O/c1-3-7-15-13(17)11-16(9-4-2)12-6-5-8-14-10-12/h1,12,14H,4-11H2,2H3,(H,15,17). The van der Waals surface area contributed by atoms with Crippen molar-refractivity contribution in [2.75, 3.05) is 32.7 Å². The van der Waals surface area contributed by atoms with E-state index in [0.29, 0.717) is 19.1 Å². The van der Waals surface area contributed by atoms with Crippen molar-refractivity contribution in [2.24, 2.45) is 0 Å². The van der Waals surface area contributed by atoms with E-state index in [2.05, 4.69) is 28.4 Å². The molecule has 1 aliphatic rings. The summed E-state index contributed by atoms with van der Waals surface area (Å²) in [6.45, 7) is 5.98. The van der Waals surface area contributed by atoms with Crippen LogP contribution in [-0.2, 0) is 4.79 Å². The van der Waals surface area contributed by atoms with E-state index >= 15 is 0 Å². The lowest BCUT2D eigenvalue weighted by atomic mass is 10.1. The first-order chi connectivity index (χ1) is 8.27. The van der Waals surface area contributed by atoms with Gasteiger partial charge in [-0.05, 0) is 32.4 Å². The zero-order valence-electron chi connectivity index (χ0n) is 10.7. The Labute approximate surface area is 104 Å². The number of hydrogen-bond acceptors (Lipinski definition) is 3. The van der Waals surface area contributed by atoms with Crippen LogP contribution in [0.5, 0.6) is 0 Å². The fraction of sp³-hybridized carbons (Fsp3) is 0.769. The number of carbonyl (C=O) groups excluding carboxylic acids is 1. The van der Waals surface area contributed by atoms with Crippen LogP contribution in [0.4, 0.5) is 0 Å². The third-order valence-corrected chi connectivity index (χ3v) is 3.03. The molecule has 1 rings (SSSR count). The Bertz CT molecular complexity index is 266. The molecule has 0 spiro atoms. The van der Waals surface area contributed by atoms with Crippen molar-refractivity contribution in [3.8, 4) is 12.3 Å². The Kier molecular flexibility index (Phi) is 6.68. The Hall–Kier alpha value is -1.05. The number of amides is 1. The molecule has 1 unspecified atom stereocenters. The minimum Gasteiger partial charge on any atom is -0.344 e. The average molecular weight is 237 g/mol. The Morgan fingerprint density at radius 1 is 1.65 bits per heavy atom. The van der Waals surface area contributed by atoms with Gasteiger partial charge < -0.3 is 10.6 Å². The summed E-state index contributed by atoms with van der Waals surface area (Å²) in [5.74, 6) is 2.45. The third kappa shape index (κ3) is 5.20. The number of terminal acetylenes is 1. The molecule has 1 atom stereocenters. The fourth-order valence-corrected chi connectivity index (χ4v) is 2.21. The van der Waals surface area contributed by atoms with Gasteiger partial charge in [0.25, 0.3) is 0 Å². The molecule has 0 bridgehead atoms. The second kappa shape index (κ2) is 8.10. The molecule has 1 aliphatic heterocycles. The zero-order valence-corrected chi connectivity index (χ0v) is 10.7. The van der Waals surface area contributed by atoms with Crippen molar-refractivity contribution in [1.82, 2.24) is 15.5 Å². The number of hydrogen-bond donors (Lipinski definition) is 2. The lowest BCUT2D eigenvalue weighted by Crippen LogP contribution is -2.49. The first kappa shape index (κ1) is 14.0. The van der Waals surface area contributed by atoms with Gasteiger partial charge in [0.2, 0.25) is 5.91 Å². The van der Waals surface area contributed by atoms with Crippen molar-refractivity contribution >= 4 is 5.91 Å². The predicted molar refractivity (Wildman–Crippen MR) is 69.6 cm³/mol. The Balaban J connectivity index is 2.41. The number of carbonyl (C=O) groups is 1. The average Bonchev–Trinajstić information content (AvgIpc) is 2.37. The molecular formula is C13H23N3O. The second-order valence-electron chi connectivity index (χ2n) is 4.45. The van der Waals surface area contributed by atoms with Crippen LogP contribution in [0.25, 0.3) is 0 Å². The van der Waals surface area contributed by atoms with E-state index in [9.17, 15) is 4.79 Å². The monoisotopic (exact) mass is 237 g/mol. The van der Waals surface area contributed by atoms with Crippen LogP contribution in [0, 0.1) is 12.3 Å². The maximum atomic E-state index is 11.7. The minimum atomic E-state index is 0.0296. The minimum absolute atomic E-state index is 0.0296. The smallest absolute Gasteiger partial charge is 0.234 e. The molecule has 4 nitrogen and oxygen atoms in total. The van der Waals surface area contributed by atoms with E-state index in [4.69, 9.17) is 6.42 Å². The van der Waals surface area contributed by atoms with Gasteiger partial charge in [-0.1, -0.05) is 12.8 Å². The maximum absolute atomic E-state index is 11.7. The SMILES string of the molecule is C#CCNC(=O)CN(CCC)C1CCCNC1. The van der Waals surface area contributed by atoms with Crippen molar-refractivity contribution in [2.45, 2.75) is 32.2 Å². The van der Waals surface area contributed by atoms with Crippen molar-refractivity contribution in [1.29, 1.82) is 0 Å². The van der Waals surface area contributed by atoms with Gasteiger partial charge in [0.05, 0.1) is 13.1 Å². The fourth-order valence-electron chi connectivity index (χ4n) is 2.21. The van der Waals surface area contributed by atoms with E-state index in [1.807, 2.05) is 0 Å². The molecule has 1 heterocycles. The van der Waals surface area contributed by atoms with Crippen LogP contribution in [0.1, 0.15) is 26.2 Å². The summed E-state index contributed by atoms with van der Waals surface area (Å²) in [6.07, 6.45) is 8.56. The lowest BCUT2D eigenvalue weighted by Gasteiger charge is -2.33. The number of nitrogens with one attached hydrogen (secondary N) is 2. The molecule has 0 radical (unpaired) electrons. The van der Waals surface area contributed by atoms with Crippen molar-refractivity contribution < 1.29 is 4.79 Å². The van der Waals surface area contributed by atoms with Crippen LogP contribution >= 0.6 is 0 Å². The molecule has 4 heteroatoms.